The molecule has 1 saturated heterocycles. The van der Waals surface area contributed by atoms with E-state index in [0.29, 0.717) is 24.4 Å². The molecule has 1 atom stereocenters. The van der Waals surface area contributed by atoms with E-state index in [1.165, 1.54) is 28.5 Å². The number of Topliss-reactive ketones (excluding diaryl/α,β-unsaturated/α-hetero) is 1. The summed E-state index contributed by atoms with van der Waals surface area (Å²) in [6, 6.07) is 26.4. The van der Waals surface area contributed by atoms with E-state index in [4.69, 9.17) is 4.98 Å². The first-order valence-corrected chi connectivity index (χ1v) is 16.4. The fraction of sp³-hybridized carbons (Fsp3) is 0.324. The summed E-state index contributed by atoms with van der Waals surface area (Å²) in [5, 5.41) is 17.1. The number of nitriles is 1. The summed E-state index contributed by atoms with van der Waals surface area (Å²) in [5.41, 5.74) is 5.44. The summed E-state index contributed by atoms with van der Waals surface area (Å²) in [5.74, 6) is 1.26. The van der Waals surface area contributed by atoms with Crippen LogP contribution in [0.25, 0.3) is 32.1 Å². The molecule has 6 heteroatoms. The number of nitrogens with one attached hydrogen (secondary N) is 1. The van der Waals surface area contributed by atoms with E-state index in [9.17, 15) is 10.1 Å². The molecule has 0 bridgehead atoms. The minimum atomic E-state index is 0.189. The lowest BCUT2D eigenvalue weighted by Crippen LogP contribution is -2.28. The molecule has 43 heavy (non-hydrogen) atoms. The van der Waals surface area contributed by atoms with Gasteiger partial charge in [-0.15, -0.1) is 11.3 Å². The van der Waals surface area contributed by atoms with Crippen molar-refractivity contribution < 1.29 is 4.79 Å². The molecule has 1 aliphatic rings. The van der Waals surface area contributed by atoms with Gasteiger partial charge >= 0.3 is 0 Å². The van der Waals surface area contributed by atoms with Crippen LogP contribution in [0.4, 0.5) is 5.82 Å². The fourth-order valence-electron chi connectivity index (χ4n) is 6.27. The van der Waals surface area contributed by atoms with Gasteiger partial charge in [0.2, 0.25) is 0 Å². The Morgan fingerprint density at radius 2 is 1.81 bits per heavy atom. The van der Waals surface area contributed by atoms with Crippen LogP contribution in [0.5, 0.6) is 0 Å². The number of thiophene rings is 1. The van der Waals surface area contributed by atoms with Gasteiger partial charge in [0.15, 0.2) is 5.78 Å². The summed E-state index contributed by atoms with van der Waals surface area (Å²) >= 11 is 1.75. The number of aromatic nitrogens is 1. The summed E-state index contributed by atoms with van der Waals surface area (Å²) in [6.45, 7) is 6.17. The number of anilines is 1. The molecule has 5 aromatic rings. The van der Waals surface area contributed by atoms with E-state index in [0.717, 1.165) is 72.3 Å². The summed E-state index contributed by atoms with van der Waals surface area (Å²) < 4.78 is 1.27. The number of hydrogen-bond donors (Lipinski definition) is 1. The van der Waals surface area contributed by atoms with E-state index in [1.807, 2.05) is 36.4 Å². The highest BCUT2D eigenvalue weighted by Gasteiger charge is 2.22. The van der Waals surface area contributed by atoms with Crippen molar-refractivity contribution in [3.05, 3.63) is 94.9 Å². The molecule has 218 valence electrons. The molecule has 3 aromatic carbocycles. The Morgan fingerprint density at radius 1 is 1.02 bits per heavy atom. The van der Waals surface area contributed by atoms with Crippen molar-refractivity contribution in [2.24, 2.45) is 5.92 Å². The Kier molecular flexibility index (Phi) is 9.12. The fourth-order valence-corrected chi connectivity index (χ4v) is 7.24. The van der Waals surface area contributed by atoms with Crippen LogP contribution < -0.4 is 5.32 Å². The third-order valence-corrected chi connectivity index (χ3v) is 9.64. The van der Waals surface area contributed by atoms with Crippen LogP contribution >= 0.6 is 11.3 Å². The van der Waals surface area contributed by atoms with Crippen molar-refractivity contribution in [2.75, 3.05) is 25.0 Å². The molecule has 1 aliphatic heterocycles. The molecule has 0 radical (unpaired) electrons. The van der Waals surface area contributed by atoms with E-state index in [2.05, 4.69) is 65.0 Å². The highest BCUT2D eigenvalue weighted by Crippen LogP contribution is 2.31. The van der Waals surface area contributed by atoms with Gasteiger partial charge in [0.05, 0.1) is 17.1 Å². The SMILES string of the molecule is CCCCC(CC(=O)c1cc(NCc2csc3ccccc23)nc2ccc(-c3ccc(C#N)cc3)cc12)CN1CCCC1. The van der Waals surface area contributed by atoms with Gasteiger partial charge in [-0.2, -0.15) is 5.26 Å². The minimum Gasteiger partial charge on any atom is -0.366 e. The van der Waals surface area contributed by atoms with Gasteiger partial charge in [-0.1, -0.05) is 56.2 Å². The van der Waals surface area contributed by atoms with E-state index in [1.54, 1.807) is 11.3 Å². The molecule has 0 aliphatic carbocycles. The van der Waals surface area contributed by atoms with Gasteiger partial charge in [0.1, 0.15) is 5.82 Å². The summed E-state index contributed by atoms with van der Waals surface area (Å²) in [4.78, 5) is 21.7. The zero-order valence-electron chi connectivity index (χ0n) is 24.8. The quantitative estimate of drug-likeness (QED) is 0.148. The van der Waals surface area contributed by atoms with Crippen LogP contribution in [0, 0.1) is 17.2 Å². The van der Waals surface area contributed by atoms with Crippen molar-refractivity contribution in [2.45, 2.75) is 52.0 Å². The van der Waals surface area contributed by atoms with E-state index in [-0.39, 0.29) is 5.78 Å². The Balaban J connectivity index is 1.33. The summed E-state index contributed by atoms with van der Waals surface area (Å²) in [7, 11) is 0. The lowest BCUT2D eigenvalue weighted by atomic mass is 9.91. The average Bonchev–Trinajstić information content (AvgIpc) is 3.72. The predicted octanol–water partition coefficient (Wildman–Crippen LogP) is 9.08. The number of nitrogens with zero attached hydrogens (tertiary/aromatic N) is 3. The van der Waals surface area contributed by atoms with Crippen LogP contribution in [0.2, 0.25) is 0 Å². The maximum Gasteiger partial charge on any atom is 0.164 e. The normalized spacial score (nSPS) is 14.2. The highest BCUT2D eigenvalue weighted by atomic mass is 32.1. The monoisotopic (exact) mass is 586 g/mol. The summed E-state index contributed by atoms with van der Waals surface area (Å²) in [6.07, 6.45) is 6.43. The van der Waals surface area contributed by atoms with Crippen molar-refractivity contribution in [3.63, 3.8) is 0 Å². The smallest absolute Gasteiger partial charge is 0.164 e. The Bertz CT molecular complexity index is 1760. The maximum absolute atomic E-state index is 14.2. The molecular formula is C37H38N4OS. The third kappa shape index (κ3) is 6.80. The first-order chi connectivity index (χ1) is 21.1. The second kappa shape index (κ2) is 13.5. The number of ketones is 1. The van der Waals surface area contributed by atoms with Crippen molar-refractivity contribution in [1.29, 1.82) is 5.26 Å². The number of pyridine rings is 1. The molecule has 1 fully saturated rings. The molecular weight excluding hydrogens is 549 g/mol. The van der Waals surface area contributed by atoms with Gasteiger partial charge in [0, 0.05) is 35.2 Å². The standard InChI is InChI=1S/C37H38N4OS/c1-2-3-8-27(24-41-17-6-7-18-41)19-35(42)33-21-37(39-23-30-25-43-36-10-5-4-9-31(30)36)40-34-16-15-29(20-32(33)34)28-13-11-26(22-38)12-14-28/h4-5,9-16,20-21,25,27H,2-3,6-8,17-19,23-24H2,1H3,(H,39,40). The zero-order valence-corrected chi connectivity index (χ0v) is 25.6. The van der Waals surface area contributed by atoms with Gasteiger partial charge in [-0.05, 0) is 102 Å². The molecule has 0 amide bonds. The number of rotatable bonds is 12. The van der Waals surface area contributed by atoms with Crippen LogP contribution in [0.15, 0.2) is 78.2 Å². The van der Waals surface area contributed by atoms with E-state index < -0.39 is 0 Å². The van der Waals surface area contributed by atoms with Gasteiger partial charge in [-0.25, -0.2) is 4.98 Å². The van der Waals surface area contributed by atoms with Crippen LogP contribution in [-0.4, -0.2) is 35.3 Å². The maximum atomic E-state index is 14.2. The lowest BCUT2D eigenvalue weighted by Gasteiger charge is -2.23. The van der Waals surface area contributed by atoms with Crippen molar-refractivity contribution in [3.8, 4) is 17.2 Å². The average molecular weight is 587 g/mol. The first kappa shape index (κ1) is 29.0. The van der Waals surface area contributed by atoms with Crippen molar-refractivity contribution >= 4 is 43.9 Å². The number of hydrogen-bond acceptors (Lipinski definition) is 6. The molecule has 0 saturated carbocycles. The minimum absolute atomic E-state index is 0.189. The Labute approximate surface area is 258 Å². The van der Waals surface area contributed by atoms with Gasteiger partial charge in [0.25, 0.3) is 0 Å². The molecule has 6 rings (SSSR count). The number of unbranched alkanes of at least 4 members (excludes halogenated alkanes) is 1. The second-order valence-electron chi connectivity index (χ2n) is 11.7. The third-order valence-electron chi connectivity index (χ3n) is 8.63. The van der Waals surface area contributed by atoms with Crippen LogP contribution in [-0.2, 0) is 6.54 Å². The largest absolute Gasteiger partial charge is 0.366 e. The number of carbonyl (C=O) groups excluding carboxylic acids is 1. The predicted molar refractivity (Wildman–Crippen MR) is 179 cm³/mol. The second-order valence-corrected chi connectivity index (χ2v) is 12.6. The number of carbonyl (C=O) groups is 1. The molecule has 1 N–H and O–H groups in total. The molecule has 5 nitrogen and oxygen atoms in total. The molecule has 0 spiro atoms. The number of fused-ring (bicyclic) bond motifs is 2. The Hall–Kier alpha value is -4.05. The van der Waals surface area contributed by atoms with Gasteiger partial charge < -0.3 is 10.2 Å². The van der Waals surface area contributed by atoms with E-state index >= 15 is 0 Å². The molecule has 3 heterocycles. The van der Waals surface area contributed by atoms with Crippen LogP contribution in [0.3, 0.4) is 0 Å². The molecule has 2 aromatic heterocycles. The first-order valence-electron chi connectivity index (χ1n) is 15.5. The number of likely N-dealkylation sites (tertiary alicyclic amines) is 1. The van der Waals surface area contributed by atoms with Crippen LogP contribution in [0.1, 0.15) is 66.9 Å². The number of benzene rings is 3. The zero-order chi connectivity index (χ0) is 29.6. The topological polar surface area (TPSA) is 69.0 Å². The van der Waals surface area contributed by atoms with Crippen molar-refractivity contribution in [1.82, 2.24) is 9.88 Å². The lowest BCUT2D eigenvalue weighted by molar-refractivity contribution is 0.0947. The molecule has 1 unspecified atom stereocenters. The van der Waals surface area contributed by atoms with Gasteiger partial charge in [-0.3, -0.25) is 4.79 Å². The Morgan fingerprint density at radius 3 is 2.60 bits per heavy atom. The highest BCUT2D eigenvalue weighted by molar-refractivity contribution is 7.17.